The average molecular weight is 409 g/mol. The molecule has 1 fully saturated rings. The van der Waals surface area contributed by atoms with Gasteiger partial charge < -0.3 is 9.26 Å². The minimum atomic E-state index is -3.50. The molecule has 2 aliphatic heterocycles. The van der Waals surface area contributed by atoms with Gasteiger partial charge in [-0.15, -0.1) is 11.3 Å². The summed E-state index contributed by atoms with van der Waals surface area (Å²) in [6.45, 7) is 7.50. The Bertz CT molecular complexity index is 960. The SMILES string of the molecule is CC1=CC2(CCN(S(=O)(=O)c3ccc(-c4c(C)noc4C)s3)CC2)OCC1. The van der Waals surface area contributed by atoms with Gasteiger partial charge in [-0.1, -0.05) is 16.8 Å². The van der Waals surface area contributed by atoms with Crippen molar-refractivity contribution in [3.63, 3.8) is 0 Å². The molecule has 0 bridgehead atoms. The molecular formula is C19H24N2O4S2. The van der Waals surface area contributed by atoms with Crippen molar-refractivity contribution in [1.82, 2.24) is 9.46 Å². The number of hydrogen-bond acceptors (Lipinski definition) is 6. The van der Waals surface area contributed by atoms with E-state index in [4.69, 9.17) is 9.26 Å². The molecular weight excluding hydrogens is 384 g/mol. The maximum Gasteiger partial charge on any atom is 0.252 e. The predicted octanol–water partition coefficient (Wildman–Crippen LogP) is 3.91. The summed E-state index contributed by atoms with van der Waals surface area (Å²) in [4.78, 5) is 0.868. The van der Waals surface area contributed by atoms with E-state index in [0.29, 0.717) is 35.9 Å². The summed E-state index contributed by atoms with van der Waals surface area (Å²) in [6, 6.07) is 3.53. The van der Waals surface area contributed by atoms with Crippen LogP contribution < -0.4 is 0 Å². The fourth-order valence-corrected chi connectivity index (χ4v) is 6.97. The smallest absolute Gasteiger partial charge is 0.252 e. The lowest BCUT2D eigenvalue weighted by Gasteiger charge is -2.41. The van der Waals surface area contributed by atoms with Gasteiger partial charge in [0, 0.05) is 18.0 Å². The monoisotopic (exact) mass is 408 g/mol. The van der Waals surface area contributed by atoms with E-state index in [2.05, 4.69) is 18.2 Å². The first kappa shape index (κ1) is 18.9. The minimum absolute atomic E-state index is 0.286. The van der Waals surface area contributed by atoms with Crippen molar-refractivity contribution in [2.75, 3.05) is 19.7 Å². The van der Waals surface area contributed by atoms with Gasteiger partial charge in [0.2, 0.25) is 0 Å². The molecule has 6 nitrogen and oxygen atoms in total. The van der Waals surface area contributed by atoms with Crippen molar-refractivity contribution in [3.05, 3.63) is 35.2 Å². The van der Waals surface area contributed by atoms with Gasteiger partial charge in [-0.3, -0.25) is 0 Å². The molecule has 0 unspecified atom stereocenters. The van der Waals surface area contributed by atoms with Crippen molar-refractivity contribution < 1.29 is 17.7 Å². The molecule has 1 saturated heterocycles. The van der Waals surface area contributed by atoms with Gasteiger partial charge in [0.05, 0.1) is 23.5 Å². The minimum Gasteiger partial charge on any atom is -0.370 e. The van der Waals surface area contributed by atoms with E-state index in [9.17, 15) is 8.42 Å². The van der Waals surface area contributed by atoms with Crippen LogP contribution in [0.1, 0.15) is 37.6 Å². The molecule has 0 atom stereocenters. The molecule has 4 heterocycles. The van der Waals surface area contributed by atoms with Crippen LogP contribution in [0.2, 0.25) is 0 Å². The van der Waals surface area contributed by atoms with Crippen molar-refractivity contribution >= 4 is 21.4 Å². The van der Waals surface area contributed by atoms with Crippen molar-refractivity contribution in [2.45, 2.75) is 49.8 Å². The lowest BCUT2D eigenvalue weighted by Crippen LogP contribution is -2.48. The third-order valence-electron chi connectivity index (χ3n) is 5.42. The summed E-state index contributed by atoms with van der Waals surface area (Å²) in [5.41, 5.74) is 2.70. The van der Waals surface area contributed by atoms with E-state index in [0.717, 1.165) is 29.2 Å². The molecule has 4 rings (SSSR count). The van der Waals surface area contributed by atoms with Crippen molar-refractivity contribution in [2.24, 2.45) is 0 Å². The first-order chi connectivity index (χ1) is 12.8. The molecule has 0 aliphatic carbocycles. The van der Waals surface area contributed by atoms with E-state index in [1.807, 2.05) is 19.9 Å². The maximum absolute atomic E-state index is 13.1. The molecule has 0 saturated carbocycles. The predicted molar refractivity (Wildman–Crippen MR) is 104 cm³/mol. The Kier molecular flexibility index (Phi) is 4.78. The molecule has 8 heteroatoms. The van der Waals surface area contributed by atoms with Gasteiger partial charge in [-0.2, -0.15) is 4.31 Å². The Morgan fingerprint density at radius 1 is 1.19 bits per heavy atom. The lowest BCUT2D eigenvalue weighted by molar-refractivity contribution is -0.0461. The Labute approximate surface area is 163 Å². The van der Waals surface area contributed by atoms with Gasteiger partial charge in [0.15, 0.2) is 0 Å². The topological polar surface area (TPSA) is 72.6 Å². The van der Waals surface area contributed by atoms with Gasteiger partial charge in [-0.25, -0.2) is 8.42 Å². The highest BCUT2D eigenvalue weighted by Gasteiger charge is 2.39. The highest BCUT2D eigenvalue weighted by atomic mass is 32.2. The van der Waals surface area contributed by atoms with Gasteiger partial charge in [0.1, 0.15) is 9.97 Å². The van der Waals surface area contributed by atoms with Gasteiger partial charge in [-0.05, 0) is 52.2 Å². The average Bonchev–Trinajstić information content (AvgIpc) is 3.22. The summed E-state index contributed by atoms with van der Waals surface area (Å²) < 4.78 is 39.4. The van der Waals surface area contributed by atoms with E-state index in [-0.39, 0.29) is 5.60 Å². The first-order valence-electron chi connectivity index (χ1n) is 9.16. The summed E-state index contributed by atoms with van der Waals surface area (Å²) in [6.07, 6.45) is 4.56. The molecule has 0 radical (unpaired) electrons. The van der Waals surface area contributed by atoms with Crippen LogP contribution in [0.15, 0.2) is 32.5 Å². The van der Waals surface area contributed by atoms with Crippen molar-refractivity contribution in [3.8, 4) is 10.4 Å². The number of rotatable bonds is 3. The number of sulfonamides is 1. The Morgan fingerprint density at radius 3 is 2.56 bits per heavy atom. The van der Waals surface area contributed by atoms with Crippen LogP contribution in [0.3, 0.4) is 0 Å². The maximum atomic E-state index is 13.1. The second-order valence-electron chi connectivity index (χ2n) is 7.38. The number of nitrogens with zero attached hydrogens (tertiary/aromatic N) is 2. The fraction of sp³-hybridized carbons (Fsp3) is 0.526. The van der Waals surface area contributed by atoms with Crippen LogP contribution in [0, 0.1) is 13.8 Å². The summed E-state index contributed by atoms with van der Waals surface area (Å²) >= 11 is 1.27. The van der Waals surface area contributed by atoms with Gasteiger partial charge in [0.25, 0.3) is 10.0 Å². The number of piperidine rings is 1. The van der Waals surface area contributed by atoms with E-state index in [1.54, 1.807) is 10.4 Å². The standard InChI is InChI=1S/C19H24N2O4S2/c1-13-6-11-24-19(12-13)7-9-21(10-8-19)27(22,23)17-5-4-16(26-17)18-14(2)20-25-15(18)3/h4-5,12H,6-11H2,1-3H3. The molecule has 0 N–H and O–H groups in total. The Balaban J connectivity index is 1.54. The second kappa shape index (κ2) is 6.84. The number of aromatic nitrogens is 1. The van der Waals surface area contributed by atoms with Crippen LogP contribution in [-0.2, 0) is 14.8 Å². The normalized spacial score (nSPS) is 20.8. The number of aryl methyl sites for hydroxylation is 2. The third kappa shape index (κ3) is 3.40. The lowest BCUT2D eigenvalue weighted by atomic mass is 9.88. The fourth-order valence-electron chi connectivity index (χ4n) is 3.93. The molecule has 27 heavy (non-hydrogen) atoms. The summed E-state index contributed by atoms with van der Waals surface area (Å²) in [7, 11) is -3.50. The molecule has 2 aromatic rings. The first-order valence-corrected chi connectivity index (χ1v) is 11.4. The number of thiophene rings is 1. The highest BCUT2D eigenvalue weighted by Crippen LogP contribution is 2.38. The van der Waals surface area contributed by atoms with Crippen LogP contribution >= 0.6 is 11.3 Å². The molecule has 2 aromatic heterocycles. The molecule has 2 aliphatic rings. The van der Waals surface area contributed by atoms with Crippen LogP contribution in [0.5, 0.6) is 0 Å². The van der Waals surface area contributed by atoms with Crippen molar-refractivity contribution in [1.29, 1.82) is 0 Å². The van der Waals surface area contributed by atoms with E-state index < -0.39 is 10.0 Å². The number of hydrogen-bond donors (Lipinski definition) is 0. The van der Waals surface area contributed by atoms with E-state index >= 15 is 0 Å². The van der Waals surface area contributed by atoms with Crippen LogP contribution in [0.4, 0.5) is 0 Å². The number of ether oxygens (including phenoxy) is 1. The molecule has 1 spiro atoms. The molecule has 0 aromatic carbocycles. The summed E-state index contributed by atoms with van der Waals surface area (Å²) in [5, 5.41) is 3.96. The molecule has 146 valence electrons. The molecule has 0 amide bonds. The van der Waals surface area contributed by atoms with Crippen LogP contribution in [0.25, 0.3) is 10.4 Å². The zero-order chi connectivity index (χ0) is 19.2. The second-order valence-corrected chi connectivity index (χ2v) is 10.6. The third-order valence-corrected chi connectivity index (χ3v) is 8.89. The highest BCUT2D eigenvalue weighted by molar-refractivity contribution is 7.91. The van der Waals surface area contributed by atoms with Gasteiger partial charge >= 0.3 is 0 Å². The zero-order valence-electron chi connectivity index (χ0n) is 15.8. The Hall–Kier alpha value is -1.48. The van der Waals surface area contributed by atoms with E-state index in [1.165, 1.54) is 16.9 Å². The van der Waals surface area contributed by atoms with Crippen LogP contribution in [-0.4, -0.2) is 43.2 Å². The zero-order valence-corrected chi connectivity index (χ0v) is 17.5. The Morgan fingerprint density at radius 2 is 1.93 bits per heavy atom. The summed E-state index contributed by atoms with van der Waals surface area (Å²) in [5.74, 6) is 0.704. The largest absolute Gasteiger partial charge is 0.370 e. The quantitative estimate of drug-likeness (QED) is 0.720.